The lowest BCUT2D eigenvalue weighted by Gasteiger charge is -2.35. The second kappa shape index (κ2) is 12.4. The molecule has 0 unspecified atom stereocenters. The van der Waals surface area contributed by atoms with E-state index in [-0.39, 0.29) is 11.7 Å². The first-order valence-corrected chi connectivity index (χ1v) is 11.7. The first-order valence-electron chi connectivity index (χ1n) is 11.3. The quantitative estimate of drug-likeness (QED) is 0.549. The summed E-state index contributed by atoms with van der Waals surface area (Å²) in [5.41, 5.74) is 8.39. The molecule has 35 heavy (non-hydrogen) atoms. The highest BCUT2D eigenvalue weighted by Gasteiger charge is 2.30. The topological polar surface area (TPSA) is 132 Å². The molecular weight excluding hydrogens is 470 g/mol. The van der Waals surface area contributed by atoms with Gasteiger partial charge in [0.2, 0.25) is 5.91 Å². The zero-order valence-electron chi connectivity index (χ0n) is 19.8. The fourth-order valence-electron chi connectivity index (χ4n) is 4.06. The molecule has 0 atom stereocenters. The fourth-order valence-corrected chi connectivity index (χ4v) is 4.24. The molecule has 11 heteroatoms. The summed E-state index contributed by atoms with van der Waals surface area (Å²) >= 11 is 6.33. The first kappa shape index (κ1) is 26.2. The second-order valence-electron chi connectivity index (χ2n) is 8.05. The van der Waals surface area contributed by atoms with Crippen molar-refractivity contribution >= 4 is 23.3 Å². The molecule has 0 spiro atoms. The van der Waals surface area contributed by atoms with Gasteiger partial charge in [-0.3, -0.25) is 9.69 Å². The first-order chi connectivity index (χ1) is 16.9. The van der Waals surface area contributed by atoms with Gasteiger partial charge in [0.1, 0.15) is 18.2 Å². The number of nitriles is 1. The molecule has 1 aromatic carbocycles. The third-order valence-electron chi connectivity index (χ3n) is 5.64. The van der Waals surface area contributed by atoms with E-state index in [0.29, 0.717) is 70.0 Å². The standard InChI is InChI=1S/C22H27ClN6O3.C2H3N/c1-2-20(31)28-6-8-29(9-7-28)21-17-13-27(12-15-11-16(30)3-4-18(15)23)14-19(17)25-22(26-21)32-10-5-24;1-2-3/h2-4,11,30H,1,5-10,12-14,24H2;1H3. The van der Waals surface area contributed by atoms with Gasteiger partial charge in [-0.15, -0.1) is 0 Å². The molecule has 2 aromatic rings. The van der Waals surface area contributed by atoms with E-state index in [0.717, 1.165) is 22.6 Å². The third-order valence-corrected chi connectivity index (χ3v) is 6.01. The minimum atomic E-state index is -0.0568. The number of ether oxygens (including phenoxy) is 1. The van der Waals surface area contributed by atoms with E-state index >= 15 is 0 Å². The van der Waals surface area contributed by atoms with Crippen LogP contribution in [0, 0.1) is 11.3 Å². The van der Waals surface area contributed by atoms with Crippen LogP contribution in [0.2, 0.25) is 5.02 Å². The van der Waals surface area contributed by atoms with Crippen molar-refractivity contribution in [2.75, 3.05) is 44.2 Å². The van der Waals surface area contributed by atoms with Crippen molar-refractivity contribution in [1.82, 2.24) is 19.8 Å². The van der Waals surface area contributed by atoms with Crippen LogP contribution in [0.15, 0.2) is 30.9 Å². The maximum Gasteiger partial charge on any atom is 0.318 e. The van der Waals surface area contributed by atoms with Gasteiger partial charge in [-0.2, -0.15) is 15.2 Å². The molecule has 3 N–H and O–H groups in total. The number of hydrogen-bond donors (Lipinski definition) is 2. The van der Waals surface area contributed by atoms with E-state index in [9.17, 15) is 9.90 Å². The molecule has 0 saturated carbocycles. The number of aromatic hydroxyl groups is 1. The summed E-state index contributed by atoms with van der Waals surface area (Å²) in [5, 5.41) is 17.8. The maximum absolute atomic E-state index is 11.9. The number of carbonyl (C=O) groups excluding carboxylic acids is 1. The number of phenols is 1. The summed E-state index contributed by atoms with van der Waals surface area (Å²) in [7, 11) is 0. The molecule has 2 aliphatic heterocycles. The van der Waals surface area contributed by atoms with Crippen LogP contribution in [-0.2, 0) is 24.4 Å². The third kappa shape index (κ3) is 6.60. The summed E-state index contributed by atoms with van der Waals surface area (Å²) in [4.78, 5) is 27.4. The minimum absolute atomic E-state index is 0.0568. The Morgan fingerprint density at radius 2 is 2.03 bits per heavy atom. The van der Waals surface area contributed by atoms with Crippen molar-refractivity contribution in [2.45, 2.75) is 26.6 Å². The van der Waals surface area contributed by atoms with Gasteiger partial charge in [0.15, 0.2) is 0 Å². The molecule has 186 valence electrons. The Morgan fingerprint density at radius 1 is 1.31 bits per heavy atom. The zero-order chi connectivity index (χ0) is 25.4. The SMILES string of the molecule is C=CC(=O)N1CCN(c2nc(OCCN)nc3c2CN(Cc2cc(O)ccc2Cl)C3)CC1.CC#N. The number of rotatable bonds is 7. The van der Waals surface area contributed by atoms with Crippen LogP contribution >= 0.6 is 11.6 Å². The molecule has 0 aliphatic carbocycles. The van der Waals surface area contributed by atoms with E-state index in [1.807, 2.05) is 0 Å². The van der Waals surface area contributed by atoms with Crippen molar-refractivity contribution in [3.05, 3.63) is 52.7 Å². The number of nitrogens with two attached hydrogens (primary N) is 1. The number of amides is 1. The van der Waals surface area contributed by atoms with Gasteiger partial charge >= 0.3 is 6.01 Å². The van der Waals surface area contributed by atoms with Gasteiger partial charge in [-0.25, -0.2) is 0 Å². The van der Waals surface area contributed by atoms with Crippen LogP contribution < -0.4 is 15.4 Å². The number of carbonyl (C=O) groups is 1. The Balaban J connectivity index is 0.00000108. The number of halogens is 1. The lowest BCUT2D eigenvalue weighted by atomic mass is 10.2. The van der Waals surface area contributed by atoms with Crippen molar-refractivity contribution in [2.24, 2.45) is 5.73 Å². The molecular formula is C24H30ClN7O3. The van der Waals surface area contributed by atoms with Crippen LogP contribution in [0.1, 0.15) is 23.7 Å². The van der Waals surface area contributed by atoms with E-state index in [2.05, 4.69) is 26.3 Å². The Labute approximate surface area is 210 Å². The van der Waals surface area contributed by atoms with Gasteiger partial charge in [-0.1, -0.05) is 18.2 Å². The number of phenolic OH excluding ortho intramolecular Hbond substituents is 1. The Bertz CT molecular complexity index is 1100. The van der Waals surface area contributed by atoms with Crippen LogP contribution in [0.4, 0.5) is 5.82 Å². The number of anilines is 1. The molecule has 10 nitrogen and oxygen atoms in total. The molecule has 0 bridgehead atoms. The molecule has 1 saturated heterocycles. The van der Waals surface area contributed by atoms with Crippen LogP contribution in [0.5, 0.6) is 11.8 Å². The molecule has 0 radical (unpaired) electrons. The predicted molar refractivity (Wildman–Crippen MR) is 133 cm³/mol. The normalized spacial score (nSPS) is 15.0. The van der Waals surface area contributed by atoms with Crippen molar-refractivity contribution < 1.29 is 14.6 Å². The largest absolute Gasteiger partial charge is 0.508 e. The number of benzene rings is 1. The van der Waals surface area contributed by atoms with Crippen LogP contribution in [0.3, 0.4) is 0 Å². The van der Waals surface area contributed by atoms with Gasteiger partial charge in [-0.05, 0) is 29.8 Å². The summed E-state index contributed by atoms with van der Waals surface area (Å²) < 4.78 is 5.65. The van der Waals surface area contributed by atoms with Crippen LogP contribution in [0.25, 0.3) is 0 Å². The number of nitrogens with zero attached hydrogens (tertiary/aromatic N) is 6. The van der Waals surface area contributed by atoms with E-state index in [1.54, 1.807) is 29.2 Å². The average Bonchev–Trinajstić information content (AvgIpc) is 3.27. The highest BCUT2D eigenvalue weighted by atomic mass is 35.5. The number of hydrogen-bond acceptors (Lipinski definition) is 9. The van der Waals surface area contributed by atoms with Crippen molar-refractivity contribution in [3.63, 3.8) is 0 Å². The van der Waals surface area contributed by atoms with E-state index in [4.69, 9.17) is 27.3 Å². The average molecular weight is 500 g/mol. The second-order valence-corrected chi connectivity index (χ2v) is 8.46. The Kier molecular flexibility index (Phi) is 9.25. The van der Waals surface area contributed by atoms with Crippen molar-refractivity contribution in [1.29, 1.82) is 5.26 Å². The number of aromatic nitrogens is 2. The fraction of sp³-hybridized carbons (Fsp3) is 0.417. The lowest BCUT2D eigenvalue weighted by molar-refractivity contribution is -0.126. The highest BCUT2D eigenvalue weighted by Crippen LogP contribution is 2.33. The summed E-state index contributed by atoms with van der Waals surface area (Å²) in [5.74, 6) is 0.960. The summed E-state index contributed by atoms with van der Waals surface area (Å²) in [6.07, 6.45) is 1.35. The highest BCUT2D eigenvalue weighted by molar-refractivity contribution is 6.31. The van der Waals surface area contributed by atoms with E-state index in [1.165, 1.54) is 13.0 Å². The van der Waals surface area contributed by atoms with Gasteiger partial charge in [0.25, 0.3) is 0 Å². The molecule has 1 fully saturated rings. The molecule has 3 heterocycles. The smallest absolute Gasteiger partial charge is 0.318 e. The molecule has 2 aliphatic rings. The van der Waals surface area contributed by atoms with Gasteiger partial charge in [0.05, 0.1) is 11.8 Å². The monoisotopic (exact) mass is 499 g/mol. The summed E-state index contributed by atoms with van der Waals surface area (Å²) in [6, 6.07) is 7.02. The van der Waals surface area contributed by atoms with E-state index < -0.39 is 0 Å². The van der Waals surface area contributed by atoms with Crippen LogP contribution in [-0.4, -0.2) is 70.1 Å². The molecule has 1 aromatic heterocycles. The Hall–Kier alpha value is -3.39. The molecule has 1 amide bonds. The maximum atomic E-state index is 11.9. The van der Waals surface area contributed by atoms with Crippen molar-refractivity contribution in [3.8, 4) is 17.8 Å². The van der Waals surface area contributed by atoms with Gasteiger partial charge < -0.3 is 25.4 Å². The number of fused-ring (bicyclic) bond motifs is 1. The summed E-state index contributed by atoms with van der Waals surface area (Å²) in [6.45, 7) is 10.1. The predicted octanol–water partition coefficient (Wildman–Crippen LogP) is 2.05. The van der Waals surface area contributed by atoms with Gasteiger partial charge in [0, 0.05) is 69.9 Å². The lowest BCUT2D eigenvalue weighted by Crippen LogP contribution is -2.48. The molecule has 4 rings (SSSR count). The number of piperazine rings is 1. The minimum Gasteiger partial charge on any atom is -0.508 e. The zero-order valence-corrected chi connectivity index (χ0v) is 20.5. The Morgan fingerprint density at radius 3 is 2.69 bits per heavy atom.